The average molecular weight is 187 g/mol. The van der Waals surface area contributed by atoms with Gasteiger partial charge in [0.1, 0.15) is 6.54 Å². The molecular formula is C7H7ClN2O2. The third-order valence-electron chi connectivity index (χ3n) is 1.19. The Morgan fingerprint density at radius 2 is 2.50 bits per heavy atom. The molecule has 0 bridgehead atoms. The molecule has 0 spiro atoms. The Morgan fingerprint density at radius 1 is 1.75 bits per heavy atom. The van der Waals surface area contributed by atoms with Crippen molar-refractivity contribution in [3.05, 3.63) is 23.5 Å². The summed E-state index contributed by atoms with van der Waals surface area (Å²) < 4.78 is 0. The largest absolute Gasteiger partial charge is 0.480 e. The van der Waals surface area contributed by atoms with Gasteiger partial charge in [0, 0.05) is 6.20 Å². The molecular weight excluding hydrogens is 180 g/mol. The van der Waals surface area contributed by atoms with E-state index < -0.39 is 5.97 Å². The van der Waals surface area contributed by atoms with E-state index >= 15 is 0 Å². The molecule has 5 heteroatoms. The zero-order valence-corrected chi connectivity index (χ0v) is 6.88. The van der Waals surface area contributed by atoms with Gasteiger partial charge in [-0.2, -0.15) is 0 Å². The summed E-state index contributed by atoms with van der Waals surface area (Å²) in [7, 11) is 0. The Labute approximate surface area is 74.2 Å². The predicted octanol–water partition coefficient (Wildman–Crippen LogP) is 1.23. The van der Waals surface area contributed by atoms with Gasteiger partial charge in [-0.25, -0.2) is 4.98 Å². The van der Waals surface area contributed by atoms with Gasteiger partial charge in [0.05, 0.1) is 5.69 Å². The number of hydrogen-bond donors (Lipinski definition) is 2. The van der Waals surface area contributed by atoms with Crippen LogP contribution in [0.2, 0.25) is 5.15 Å². The number of carboxylic acids is 1. The molecule has 1 heterocycles. The maximum Gasteiger partial charge on any atom is 0.322 e. The van der Waals surface area contributed by atoms with Crippen molar-refractivity contribution < 1.29 is 9.90 Å². The summed E-state index contributed by atoms with van der Waals surface area (Å²) in [4.78, 5) is 13.9. The van der Waals surface area contributed by atoms with Crippen molar-refractivity contribution in [2.45, 2.75) is 0 Å². The van der Waals surface area contributed by atoms with Gasteiger partial charge in [-0.3, -0.25) is 4.79 Å². The number of carbonyl (C=O) groups is 1. The van der Waals surface area contributed by atoms with Crippen LogP contribution >= 0.6 is 11.6 Å². The van der Waals surface area contributed by atoms with Crippen molar-refractivity contribution >= 4 is 23.3 Å². The maximum absolute atomic E-state index is 10.2. The molecule has 0 fully saturated rings. The molecule has 0 saturated heterocycles. The first-order valence-corrected chi connectivity index (χ1v) is 3.64. The van der Waals surface area contributed by atoms with E-state index in [0.717, 1.165) is 0 Å². The summed E-state index contributed by atoms with van der Waals surface area (Å²) in [6.45, 7) is -0.161. The minimum Gasteiger partial charge on any atom is -0.480 e. The lowest BCUT2D eigenvalue weighted by Gasteiger charge is -2.03. The third-order valence-corrected chi connectivity index (χ3v) is 1.49. The number of carboxylic acid groups (broad SMARTS) is 1. The van der Waals surface area contributed by atoms with E-state index in [2.05, 4.69) is 10.3 Å². The van der Waals surface area contributed by atoms with Crippen LogP contribution in [0.15, 0.2) is 18.3 Å². The zero-order valence-electron chi connectivity index (χ0n) is 6.12. The molecule has 2 N–H and O–H groups in total. The van der Waals surface area contributed by atoms with Crippen LogP contribution in [0.1, 0.15) is 0 Å². The van der Waals surface area contributed by atoms with Crippen LogP contribution in [0.3, 0.4) is 0 Å². The van der Waals surface area contributed by atoms with Crippen molar-refractivity contribution in [3.63, 3.8) is 0 Å². The first-order chi connectivity index (χ1) is 5.70. The molecule has 1 rings (SSSR count). The Kier molecular flexibility index (Phi) is 2.88. The highest BCUT2D eigenvalue weighted by Crippen LogP contribution is 2.16. The summed E-state index contributed by atoms with van der Waals surface area (Å²) in [5, 5.41) is 11.2. The second-order valence-electron chi connectivity index (χ2n) is 2.09. The number of pyridine rings is 1. The minimum absolute atomic E-state index is 0.161. The molecule has 0 saturated carbocycles. The molecule has 64 valence electrons. The van der Waals surface area contributed by atoms with Crippen molar-refractivity contribution in [1.82, 2.24) is 4.98 Å². The van der Waals surface area contributed by atoms with Gasteiger partial charge in [0.15, 0.2) is 5.15 Å². The van der Waals surface area contributed by atoms with Crippen molar-refractivity contribution in [1.29, 1.82) is 0 Å². The number of nitrogens with zero attached hydrogens (tertiary/aromatic N) is 1. The molecule has 0 radical (unpaired) electrons. The Bertz CT molecular complexity index is 290. The smallest absolute Gasteiger partial charge is 0.322 e. The van der Waals surface area contributed by atoms with Gasteiger partial charge in [0.2, 0.25) is 0 Å². The quantitative estimate of drug-likeness (QED) is 0.697. The summed E-state index contributed by atoms with van der Waals surface area (Å²) in [6, 6.07) is 3.34. The van der Waals surface area contributed by atoms with Crippen LogP contribution in [0.4, 0.5) is 5.69 Å². The molecule has 0 amide bonds. The van der Waals surface area contributed by atoms with Crippen LogP contribution in [0, 0.1) is 0 Å². The van der Waals surface area contributed by atoms with Crippen molar-refractivity contribution in [2.24, 2.45) is 0 Å². The summed E-state index contributed by atoms with van der Waals surface area (Å²) in [5.74, 6) is -0.935. The molecule has 0 aliphatic carbocycles. The van der Waals surface area contributed by atoms with Crippen LogP contribution in [-0.2, 0) is 4.79 Å². The normalized spacial score (nSPS) is 9.42. The van der Waals surface area contributed by atoms with Crippen molar-refractivity contribution in [2.75, 3.05) is 11.9 Å². The Morgan fingerprint density at radius 3 is 3.08 bits per heavy atom. The van der Waals surface area contributed by atoms with Crippen LogP contribution in [-0.4, -0.2) is 22.6 Å². The lowest BCUT2D eigenvalue weighted by molar-refractivity contribution is -0.134. The minimum atomic E-state index is -0.935. The first-order valence-electron chi connectivity index (χ1n) is 3.26. The molecule has 0 aromatic carbocycles. The van der Waals surface area contributed by atoms with E-state index in [1.807, 2.05) is 0 Å². The van der Waals surface area contributed by atoms with Gasteiger partial charge < -0.3 is 10.4 Å². The second kappa shape index (κ2) is 3.92. The topological polar surface area (TPSA) is 62.2 Å². The fraction of sp³-hybridized carbons (Fsp3) is 0.143. The van der Waals surface area contributed by atoms with E-state index in [-0.39, 0.29) is 11.7 Å². The van der Waals surface area contributed by atoms with Crippen LogP contribution in [0.25, 0.3) is 0 Å². The molecule has 0 atom stereocenters. The zero-order chi connectivity index (χ0) is 8.97. The molecule has 1 aromatic heterocycles. The number of hydrogen-bond acceptors (Lipinski definition) is 3. The molecule has 0 aliphatic heterocycles. The maximum atomic E-state index is 10.2. The monoisotopic (exact) mass is 186 g/mol. The lowest BCUT2D eigenvalue weighted by Crippen LogP contribution is -2.12. The Hall–Kier alpha value is -1.29. The summed E-state index contributed by atoms with van der Waals surface area (Å²) in [5.41, 5.74) is 0.529. The van der Waals surface area contributed by atoms with Gasteiger partial charge >= 0.3 is 5.97 Å². The summed E-state index contributed by atoms with van der Waals surface area (Å²) >= 11 is 5.64. The number of rotatable bonds is 3. The fourth-order valence-corrected chi connectivity index (χ4v) is 0.875. The predicted molar refractivity (Wildman–Crippen MR) is 45.4 cm³/mol. The first kappa shape index (κ1) is 8.80. The Balaban J connectivity index is 2.63. The van der Waals surface area contributed by atoms with Crippen molar-refractivity contribution in [3.8, 4) is 0 Å². The van der Waals surface area contributed by atoms with Gasteiger partial charge in [0.25, 0.3) is 0 Å². The van der Waals surface area contributed by atoms with Crippen LogP contribution < -0.4 is 5.32 Å². The molecule has 1 aromatic rings. The van der Waals surface area contributed by atoms with Gasteiger partial charge in [-0.1, -0.05) is 11.6 Å². The highest BCUT2D eigenvalue weighted by Gasteiger charge is 2.00. The van der Waals surface area contributed by atoms with E-state index in [9.17, 15) is 4.79 Å². The second-order valence-corrected chi connectivity index (χ2v) is 2.45. The number of halogens is 1. The number of aromatic nitrogens is 1. The number of nitrogens with one attached hydrogen (secondary N) is 1. The fourth-order valence-electron chi connectivity index (χ4n) is 0.689. The lowest BCUT2D eigenvalue weighted by atomic mass is 10.4. The van der Waals surface area contributed by atoms with E-state index in [1.54, 1.807) is 12.1 Å². The van der Waals surface area contributed by atoms with Crippen LogP contribution in [0.5, 0.6) is 0 Å². The third kappa shape index (κ3) is 2.39. The molecule has 12 heavy (non-hydrogen) atoms. The van der Waals surface area contributed by atoms with Gasteiger partial charge in [-0.05, 0) is 12.1 Å². The average Bonchev–Trinajstić information content (AvgIpc) is 2.03. The van der Waals surface area contributed by atoms with E-state index in [1.165, 1.54) is 6.20 Å². The highest BCUT2D eigenvalue weighted by molar-refractivity contribution is 6.31. The van der Waals surface area contributed by atoms with E-state index in [0.29, 0.717) is 5.69 Å². The summed E-state index contributed by atoms with van der Waals surface area (Å²) in [6.07, 6.45) is 1.54. The SMILES string of the molecule is O=C(O)CNc1cccnc1Cl. The molecule has 0 aliphatic rings. The molecule has 0 unspecified atom stereocenters. The number of aliphatic carboxylic acids is 1. The molecule has 4 nitrogen and oxygen atoms in total. The highest BCUT2D eigenvalue weighted by atomic mass is 35.5. The standard InChI is InChI=1S/C7H7ClN2O2/c8-7-5(2-1-3-9-7)10-4-6(11)12/h1-3,10H,4H2,(H,11,12). The number of anilines is 1. The van der Waals surface area contributed by atoms with E-state index in [4.69, 9.17) is 16.7 Å². The van der Waals surface area contributed by atoms with Gasteiger partial charge in [-0.15, -0.1) is 0 Å².